The number of hydrogen-bond acceptors (Lipinski definition) is 5. The third-order valence-corrected chi connectivity index (χ3v) is 5.56. The first-order valence-corrected chi connectivity index (χ1v) is 10.4. The molecule has 2 fully saturated rings. The largest absolute Gasteiger partial charge is 0.445 e. The van der Waals surface area contributed by atoms with Crippen LogP contribution in [-0.4, -0.2) is 63.5 Å². The van der Waals surface area contributed by atoms with Gasteiger partial charge in [0.05, 0.1) is 24.2 Å². The Morgan fingerprint density at radius 3 is 2.48 bits per heavy atom. The fourth-order valence-electron chi connectivity index (χ4n) is 4.29. The topological polar surface area (TPSA) is 79.3 Å². The van der Waals surface area contributed by atoms with E-state index in [1.54, 1.807) is 9.80 Å². The van der Waals surface area contributed by atoms with Gasteiger partial charge in [0.2, 0.25) is 0 Å². The van der Waals surface area contributed by atoms with Crippen molar-refractivity contribution in [2.45, 2.75) is 83.4 Å². The van der Waals surface area contributed by atoms with E-state index in [9.17, 15) is 14.7 Å². The first kappa shape index (κ1) is 21.4. The molecule has 0 aromatic heterocycles. The zero-order valence-electron chi connectivity index (χ0n) is 17.7. The number of carbonyl (C=O) groups excluding carboxylic acids is 2. The maximum absolute atomic E-state index is 12.9. The molecule has 2 bridgehead atoms. The number of benzene rings is 1. The van der Waals surface area contributed by atoms with E-state index >= 15 is 0 Å². The van der Waals surface area contributed by atoms with Crippen LogP contribution in [0.3, 0.4) is 0 Å². The Morgan fingerprint density at radius 1 is 1.17 bits per heavy atom. The van der Waals surface area contributed by atoms with E-state index in [1.165, 1.54) is 0 Å². The van der Waals surface area contributed by atoms with Gasteiger partial charge in [-0.1, -0.05) is 37.3 Å². The van der Waals surface area contributed by atoms with Gasteiger partial charge >= 0.3 is 12.2 Å². The molecule has 0 spiro atoms. The highest BCUT2D eigenvalue weighted by Gasteiger charge is 2.53. The summed E-state index contributed by atoms with van der Waals surface area (Å²) < 4.78 is 11.1. The van der Waals surface area contributed by atoms with Crippen LogP contribution < -0.4 is 0 Å². The van der Waals surface area contributed by atoms with Crippen LogP contribution in [0, 0.1) is 0 Å². The Kier molecular flexibility index (Phi) is 6.36. The number of rotatable bonds is 4. The summed E-state index contributed by atoms with van der Waals surface area (Å²) in [5, 5.41) is 10.7. The van der Waals surface area contributed by atoms with E-state index in [4.69, 9.17) is 9.47 Å². The van der Waals surface area contributed by atoms with Crippen molar-refractivity contribution in [3.05, 3.63) is 35.9 Å². The second-order valence-electron chi connectivity index (χ2n) is 8.84. The Bertz CT molecular complexity index is 718. The van der Waals surface area contributed by atoms with Gasteiger partial charge in [0, 0.05) is 6.54 Å². The number of amides is 2. The lowest BCUT2D eigenvalue weighted by molar-refractivity contribution is -0.0530. The quantitative estimate of drug-likeness (QED) is 0.830. The second-order valence-corrected chi connectivity index (χ2v) is 8.84. The van der Waals surface area contributed by atoms with E-state index in [1.807, 2.05) is 58.0 Å². The Labute approximate surface area is 172 Å². The standard InChI is InChI=1S/C22H32N2O5/c1-5-18(25)19-17-12-11-16(24(17)21(27)29-22(2,3)4)13-23(19)20(26)28-14-15-9-7-6-8-10-15/h6-10,16-19,25H,5,11-14H2,1-4H3/t16-,17+,18?,19?/m1/s1. The Balaban J connectivity index is 1.75. The number of likely N-dealkylation sites (tertiary alicyclic amines) is 1. The minimum Gasteiger partial charge on any atom is -0.445 e. The molecule has 2 heterocycles. The Morgan fingerprint density at radius 2 is 1.86 bits per heavy atom. The molecule has 3 rings (SSSR count). The lowest BCUT2D eigenvalue weighted by Gasteiger charge is -2.47. The average molecular weight is 405 g/mol. The summed E-state index contributed by atoms with van der Waals surface area (Å²) in [6.45, 7) is 7.89. The van der Waals surface area contributed by atoms with Crippen LogP contribution in [0.15, 0.2) is 30.3 Å². The van der Waals surface area contributed by atoms with E-state index in [2.05, 4.69) is 0 Å². The average Bonchev–Trinajstić information content (AvgIpc) is 2.99. The number of piperazine rings is 1. The van der Waals surface area contributed by atoms with E-state index in [0.717, 1.165) is 18.4 Å². The van der Waals surface area contributed by atoms with Crippen molar-refractivity contribution in [2.75, 3.05) is 6.54 Å². The number of fused-ring (bicyclic) bond motifs is 2. The maximum Gasteiger partial charge on any atom is 0.410 e. The van der Waals surface area contributed by atoms with Gasteiger partial charge < -0.3 is 14.6 Å². The van der Waals surface area contributed by atoms with Crippen LogP contribution in [-0.2, 0) is 16.1 Å². The van der Waals surface area contributed by atoms with Crippen molar-refractivity contribution in [2.24, 2.45) is 0 Å². The maximum atomic E-state index is 12.9. The third-order valence-electron chi connectivity index (χ3n) is 5.56. The summed E-state index contributed by atoms with van der Waals surface area (Å²) in [7, 11) is 0. The smallest absolute Gasteiger partial charge is 0.410 e. The summed E-state index contributed by atoms with van der Waals surface area (Å²) in [4.78, 5) is 29.0. The van der Waals surface area contributed by atoms with Gasteiger partial charge in [0.15, 0.2) is 0 Å². The molecule has 7 nitrogen and oxygen atoms in total. The number of carbonyl (C=O) groups is 2. The van der Waals surface area contributed by atoms with Crippen molar-refractivity contribution in [3.8, 4) is 0 Å². The third kappa shape index (κ3) is 4.83. The van der Waals surface area contributed by atoms with Crippen LogP contribution in [0.1, 0.15) is 52.5 Å². The molecule has 2 aliphatic heterocycles. The van der Waals surface area contributed by atoms with Crippen LogP contribution in [0.2, 0.25) is 0 Å². The van der Waals surface area contributed by atoms with Gasteiger partial charge in [0.1, 0.15) is 12.2 Å². The molecular formula is C22H32N2O5. The predicted octanol–water partition coefficient (Wildman–Crippen LogP) is 3.55. The molecule has 160 valence electrons. The summed E-state index contributed by atoms with van der Waals surface area (Å²) in [6, 6.07) is 8.59. The van der Waals surface area contributed by atoms with Gasteiger partial charge in [-0.25, -0.2) is 9.59 Å². The fraction of sp³-hybridized carbons (Fsp3) is 0.636. The lowest BCUT2D eigenvalue weighted by Crippen LogP contribution is -2.66. The molecule has 0 radical (unpaired) electrons. The summed E-state index contributed by atoms with van der Waals surface area (Å²) >= 11 is 0. The van der Waals surface area contributed by atoms with Crippen molar-refractivity contribution in [1.82, 2.24) is 9.80 Å². The van der Waals surface area contributed by atoms with Gasteiger partial charge in [0.25, 0.3) is 0 Å². The minimum absolute atomic E-state index is 0.126. The molecule has 0 saturated carbocycles. The van der Waals surface area contributed by atoms with Crippen molar-refractivity contribution >= 4 is 12.2 Å². The van der Waals surface area contributed by atoms with Crippen LogP contribution in [0.4, 0.5) is 9.59 Å². The molecule has 2 saturated heterocycles. The monoisotopic (exact) mass is 404 g/mol. The fourth-order valence-corrected chi connectivity index (χ4v) is 4.29. The van der Waals surface area contributed by atoms with Gasteiger partial charge in [-0.3, -0.25) is 9.80 Å². The first-order chi connectivity index (χ1) is 13.7. The van der Waals surface area contributed by atoms with Crippen LogP contribution in [0.5, 0.6) is 0 Å². The first-order valence-electron chi connectivity index (χ1n) is 10.4. The molecule has 1 N–H and O–H groups in total. The summed E-state index contributed by atoms with van der Waals surface area (Å²) in [5.41, 5.74) is 0.310. The molecule has 1 aromatic rings. The highest BCUT2D eigenvalue weighted by molar-refractivity contribution is 5.72. The van der Waals surface area contributed by atoms with E-state index in [-0.39, 0.29) is 24.8 Å². The molecule has 2 aliphatic rings. The molecule has 4 atom stereocenters. The van der Waals surface area contributed by atoms with E-state index in [0.29, 0.717) is 13.0 Å². The number of ether oxygens (including phenoxy) is 2. The SMILES string of the molecule is CCC(O)C1[C@@H]2CC[C@H](CN1C(=O)OCc1ccccc1)N2C(=O)OC(C)(C)C. The lowest BCUT2D eigenvalue weighted by atomic mass is 9.96. The molecule has 2 unspecified atom stereocenters. The van der Waals surface area contributed by atoms with Crippen LogP contribution >= 0.6 is 0 Å². The Hall–Kier alpha value is -2.28. The number of aliphatic hydroxyl groups is 1. The van der Waals surface area contributed by atoms with Gasteiger partial charge in [-0.05, 0) is 45.6 Å². The highest BCUT2D eigenvalue weighted by atomic mass is 16.6. The minimum atomic E-state index is -0.742. The molecule has 7 heteroatoms. The summed E-state index contributed by atoms with van der Waals surface area (Å²) in [5.74, 6) is 0. The number of aliphatic hydroxyl groups excluding tert-OH is 1. The van der Waals surface area contributed by atoms with Crippen molar-refractivity contribution in [1.29, 1.82) is 0 Å². The van der Waals surface area contributed by atoms with Gasteiger partial charge in [-0.2, -0.15) is 0 Å². The predicted molar refractivity (Wildman–Crippen MR) is 108 cm³/mol. The molecule has 2 amide bonds. The number of nitrogens with zero attached hydrogens (tertiary/aromatic N) is 2. The van der Waals surface area contributed by atoms with Crippen LogP contribution in [0.25, 0.3) is 0 Å². The van der Waals surface area contributed by atoms with Crippen molar-refractivity contribution in [3.63, 3.8) is 0 Å². The van der Waals surface area contributed by atoms with Crippen molar-refractivity contribution < 1.29 is 24.2 Å². The molecular weight excluding hydrogens is 372 g/mol. The molecule has 1 aromatic carbocycles. The van der Waals surface area contributed by atoms with E-state index < -0.39 is 23.8 Å². The second kappa shape index (κ2) is 8.61. The van der Waals surface area contributed by atoms with Gasteiger partial charge in [-0.15, -0.1) is 0 Å². The normalized spacial score (nSPS) is 24.9. The molecule has 0 aliphatic carbocycles. The summed E-state index contributed by atoms with van der Waals surface area (Å²) in [6.07, 6.45) is 0.417. The zero-order chi connectivity index (χ0) is 21.2. The number of hydrogen-bond donors (Lipinski definition) is 1. The highest BCUT2D eigenvalue weighted by Crippen LogP contribution is 2.37. The zero-order valence-corrected chi connectivity index (χ0v) is 17.7. The molecule has 29 heavy (non-hydrogen) atoms.